The number of aryl methyl sites for hydroxylation is 1. The third-order valence-electron chi connectivity index (χ3n) is 5.92. The molecule has 1 N–H and O–H groups in total. The predicted molar refractivity (Wildman–Crippen MR) is 111 cm³/mol. The normalized spacial score (nSPS) is 21.7. The molecule has 1 atom stereocenters. The Kier molecular flexibility index (Phi) is 6.63. The average Bonchev–Trinajstić information content (AvgIpc) is 3.10. The largest absolute Gasteiger partial charge is 0.353 e. The first-order valence-corrected chi connectivity index (χ1v) is 11.8. The molecular weight excluding hydrogens is 390 g/mol. The lowest BCUT2D eigenvalue weighted by Crippen LogP contribution is -2.48. The second kappa shape index (κ2) is 8.83. The van der Waals surface area contributed by atoms with Crippen molar-refractivity contribution in [2.75, 3.05) is 19.6 Å². The predicted octanol–water partition coefficient (Wildman–Crippen LogP) is 1.78. The fourth-order valence-corrected chi connectivity index (χ4v) is 5.48. The molecule has 0 radical (unpaired) electrons. The molecule has 0 aliphatic carbocycles. The minimum Gasteiger partial charge on any atom is -0.353 e. The fraction of sp³-hybridized carbons (Fsp3) is 0.619. The summed E-state index contributed by atoms with van der Waals surface area (Å²) in [6.45, 7) is 7.15. The number of hydrogen-bond donors (Lipinski definition) is 1. The monoisotopic (exact) mass is 421 g/mol. The number of hydrogen-bond acceptors (Lipinski definition) is 4. The highest BCUT2D eigenvalue weighted by Crippen LogP contribution is 2.23. The molecule has 2 heterocycles. The zero-order chi connectivity index (χ0) is 21.2. The van der Waals surface area contributed by atoms with Crippen LogP contribution in [0.1, 0.15) is 45.6 Å². The van der Waals surface area contributed by atoms with Crippen molar-refractivity contribution in [3.05, 3.63) is 29.8 Å². The van der Waals surface area contributed by atoms with E-state index in [0.29, 0.717) is 37.4 Å². The number of likely N-dealkylation sites (tertiary alicyclic amines) is 1. The Morgan fingerprint density at radius 3 is 2.31 bits per heavy atom. The van der Waals surface area contributed by atoms with Gasteiger partial charge in [0.2, 0.25) is 21.8 Å². The zero-order valence-electron chi connectivity index (χ0n) is 17.4. The number of benzene rings is 1. The van der Waals surface area contributed by atoms with Gasteiger partial charge in [0.25, 0.3) is 0 Å². The van der Waals surface area contributed by atoms with Crippen molar-refractivity contribution < 1.29 is 18.0 Å². The van der Waals surface area contributed by atoms with Crippen LogP contribution in [0.15, 0.2) is 29.2 Å². The minimum atomic E-state index is -3.51. The lowest BCUT2D eigenvalue weighted by atomic mass is 10.0. The highest BCUT2D eigenvalue weighted by molar-refractivity contribution is 7.89. The number of nitrogens with one attached hydrogen (secondary N) is 1. The highest BCUT2D eigenvalue weighted by atomic mass is 32.2. The van der Waals surface area contributed by atoms with E-state index in [9.17, 15) is 18.0 Å². The van der Waals surface area contributed by atoms with Gasteiger partial charge in [-0.05, 0) is 50.8 Å². The molecule has 7 nitrogen and oxygen atoms in total. The summed E-state index contributed by atoms with van der Waals surface area (Å²) in [5.74, 6) is -0.392. The Balaban J connectivity index is 1.53. The van der Waals surface area contributed by atoms with Gasteiger partial charge in [-0.15, -0.1) is 0 Å². The van der Waals surface area contributed by atoms with E-state index in [1.807, 2.05) is 32.9 Å². The number of nitrogens with zero attached hydrogens (tertiary/aromatic N) is 2. The van der Waals surface area contributed by atoms with Crippen LogP contribution in [0.5, 0.6) is 0 Å². The van der Waals surface area contributed by atoms with Crippen LogP contribution in [0.2, 0.25) is 0 Å². The Morgan fingerprint density at radius 1 is 1.17 bits per heavy atom. The van der Waals surface area contributed by atoms with E-state index in [1.165, 1.54) is 4.31 Å². The smallest absolute Gasteiger partial charge is 0.243 e. The standard InChI is InChI=1S/C21H31N3O4S/c1-4-16-5-7-19(8-6-16)29(27,28)23-11-9-18(10-12-23)22-21(26)17-13-20(25)24(14-17)15(2)3/h5-8,15,17-18H,4,9-14H2,1-3H3,(H,22,26). The van der Waals surface area contributed by atoms with Crippen molar-refractivity contribution in [2.45, 2.75) is 63.4 Å². The van der Waals surface area contributed by atoms with Gasteiger partial charge in [-0.2, -0.15) is 4.31 Å². The molecule has 2 amide bonds. The van der Waals surface area contributed by atoms with Crippen LogP contribution < -0.4 is 5.32 Å². The molecule has 2 fully saturated rings. The molecule has 3 rings (SSSR count). The van der Waals surface area contributed by atoms with Crippen molar-refractivity contribution in [3.63, 3.8) is 0 Å². The lowest BCUT2D eigenvalue weighted by molar-refractivity contribution is -0.130. The molecule has 0 bridgehead atoms. The summed E-state index contributed by atoms with van der Waals surface area (Å²) in [5.41, 5.74) is 1.10. The van der Waals surface area contributed by atoms with Gasteiger partial charge < -0.3 is 10.2 Å². The molecule has 0 spiro atoms. The maximum atomic E-state index is 12.9. The van der Waals surface area contributed by atoms with Crippen LogP contribution in [0.25, 0.3) is 0 Å². The topological polar surface area (TPSA) is 86.8 Å². The number of carbonyl (C=O) groups is 2. The van der Waals surface area contributed by atoms with E-state index < -0.39 is 10.0 Å². The van der Waals surface area contributed by atoms with Crippen LogP contribution in [-0.2, 0) is 26.0 Å². The molecule has 2 aliphatic rings. The Labute approximate surface area is 173 Å². The molecule has 2 aliphatic heterocycles. The summed E-state index contributed by atoms with van der Waals surface area (Å²) >= 11 is 0. The molecule has 1 aromatic carbocycles. The van der Waals surface area contributed by atoms with Crippen molar-refractivity contribution >= 4 is 21.8 Å². The SMILES string of the molecule is CCc1ccc(S(=O)(=O)N2CCC(NC(=O)C3CC(=O)N(C(C)C)C3)CC2)cc1. The maximum Gasteiger partial charge on any atom is 0.243 e. The molecule has 0 aromatic heterocycles. The number of sulfonamides is 1. The highest BCUT2D eigenvalue weighted by Gasteiger charge is 2.37. The quantitative estimate of drug-likeness (QED) is 0.759. The van der Waals surface area contributed by atoms with Gasteiger partial charge >= 0.3 is 0 Å². The third kappa shape index (κ3) is 4.80. The molecular formula is C21H31N3O4S. The third-order valence-corrected chi connectivity index (χ3v) is 7.84. The molecule has 0 saturated carbocycles. The van der Waals surface area contributed by atoms with Crippen molar-refractivity contribution in [1.82, 2.24) is 14.5 Å². The van der Waals surface area contributed by atoms with E-state index in [0.717, 1.165) is 12.0 Å². The van der Waals surface area contributed by atoms with Gasteiger partial charge in [-0.25, -0.2) is 8.42 Å². The maximum absolute atomic E-state index is 12.9. The van der Waals surface area contributed by atoms with Gasteiger partial charge in [0, 0.05) is 38.1 Å². The van der Waals surface area contributed by atoms with E-state index in [-0.39, 0.29) is 36.2 Å². The van der Waals surface area contributed by atoms with Gasteiger partial charge in [-0.3, -0.25) is 9.59 Å². The van der Waals surface area contributed by atoms with Crippen LogP contribution in [0.4, 0.5) is 0 Å². The van der Waals surface area contributed by atoms with E-state index >= 15 is 0 Å². The van der Waals surface area contributed by atoms with Crippen molar-refractivity contribution in [3.8, 4) is 0 Å². The summed E-state index contributed by atoms with van der Waals surface area (Å²) in [6, 6.07) is 7.07. The van der Waals surface area contributed by atoms with Crippen LogP contribution in [0, 0.1) is 5.92 Å². The Hall–Kier alpha value is -1.93. The lowest BCUT2D eigenvalue weighted by Gasteiger charge is -2.32. The van der Waals surface area contributed by atoms with Crippen molar-refractivity contribution in [2.24, 2.45) is 5.92 Å². The second-order valence-corrected chi connectivity index (χ2v) is 10.2. The number of rotatable bonds is 6. The van der Waals surface area contributed by atoms with Gasteiger partial charge in [0.1, 0.15) is 0 Å². The number of amides is 2. The molecule has 1 aromatic rings. The summed E-state index contributed by atoms with van der Waals surface area (Å²) < 4.78 is 27.2. The first-order valence-electron chi connectivity index (χ1n) is 10.4. The van der Waals surface area contributed by atoms with Crippen LogP contribution in [0.3, 0.4) is 0 Å². The van der Waals surface area contributed by atoms with Crippen LogP contribution in [-0.4, -0.2) is 61.2 Å². The van der Waals surface area contributed by atoms with Gasteiger partial charge in [-0.1, -0.05) is 19.1 Å². The second-order valence-electron chi connectivity index (χ2n) is 8.23. The first-order chi connectivity index (χ1) is 13.7. The summed E-state index contributed by atoms with van der Waals surface area (Å²) in [5, 5.41) is 3.03. The molecule has 8 heteroatoms. The number of piperidine rings is 1. The average molecular weight is 422 g/mol. The fourth-order valence-electron chi connectivity index (χ4n) is 4.01. The number of carbonyl (C=O) groups excluding carboxylic acids is 2. The molecule has 2 saturated heterocycles. The van der Waals surface area contributed by atoms with E-state index in [4.69, 9.17) is 0 Å². The summed E-state index contributed by atoms with van der Waals surface area (Å²) in [6.07, 6.45) is 2.27. The first kappa shape index (κ1) is 21.8. The van der Waals surface area contributed by atoms with E-state index in [2.05, 4.69) is 5.32 Å². The minimum absolute atomic E-state index is 0.0233. The molecule has 160 valence electrons. The van der Waals surface area contributed by atoms with Crippen LogP contribution >= 0.6 is 0 Å². The summed E-state index contributed by atoms with van der Waals surface area (Å²) in [4.78, 5) is 26.6. The Bertz CT molecular complexity index is 843. The van der Waals surface area contributed by atoms with Gasteiger partial charge in [0.15, 0.2) is 0 Å². The van der Waals surface area contributed by atoms with E-state index in [1.54, 1.807) is 17.0 Å². The zero-order valence-corrected chi connectivity index (χ0v) is 18.2. The molecule has 1 unspecified atom stereocenters. The van der Waals surface area contributed by atoms with Crippen molar-refractivity contribution in [1.29, 1.82) is 0 Å². The summed E-state index contributed by atoms with van der Waals surface area (Å²) in [7, 11) is -3.51. The van der Waals surface area contributed by atoms with Gasteiger partial charge in [0.05, 0.1) is 10.8 Å². The molecule has 29 heavy (non-hydrogen) atoms. The Morgan fingerprint density at radius 2 is 1.79 bits per heavy atom.